The zero-order chi connectivity index (χ0) is 10.1. The fourth-order valence-corrected chi connectivity index (χ4v) is 1.99. The van der Waals surface area contributed by atoms with Gasteiger partial charge >= 0.3 is 63.3 Å². The van der Waals surface area contributed by atoms with E-state index in [1.54, 1.807) is 0 Å². The molecule has 0 aromatic carbocycles. The predicted molar refractivity (Wildman–Crippen MR) is 52.5 cm³/mol. The Hall–Kier alpha value is 0.576. The molecular weight excluding hydrogens is 211 g/mol. The maximum absolute atomic E-state index is 10.9. The monoisotopic (exact) mass is 226 g/mol. The quantitative estimate of drug-likeness (QED) is 0.680. The van der Waals surface area contributed by atoms with Gasteiger partial charge in [-0.1, -0.05) is 12.8 Å². The van der Waals surface area contributed by atoms with Gasteiger partial charge in [0.2, 0.25) is 0 Å². The summed E-state index contributed by atoms with van der Waals surface area (Å²) >= 11 is 0. The molecule has 1 fully saturated rings. The predicted octanol–water partition coefficient (Wildman–Crippen LogP) is 0.704. The first-order valence-corrected chi connectivity index (χ1v) is 4.44. The minimum atomic E-state index is -1.07. The van der Waals surface area contributed by atoms with Crippen molar-refractivity contribution in [2.24, 2.45) is 11.3 Å². The minimum absolute atomic E-state index is 0. The van der Waals surface area contributed by atoms with Crippen molar-refractivity contribution in [1.82, 2.24) is 0 Å². The van der Waals surface area contributed by atoms with Gasteiger partial charge in [-0.25, -0.2) is 0 Å². The molecule has 4 nitrogen and oxygen atoms in total. The van der Waals surface area contributed by atoms with Crippen molar-refractivity contribution in [3.63, 3.8) is 0 Å². The number of carboxylic acid groups (broad SMARTS) is 2. The molecule has 0 aromatic heterocycles. The summed E-state index contributed by atoms with van der Waals surface area (Å²) in [6.07, 6.45) is 2.59. The number of carbonyl (C=O) groups is 2. The Morgan fingerprint density at radius 1 is 1.29 bits per heavy atom. The van der Waals surface area contributed by atoms with E-state index in [1.807, 2.05) is 0 Å². The molecule has 0 spiro atoms. The van der Waals surface area contributed by atoms with Crippen molar-refractivity contribution >= 4 is 63.3 Å². The van der Waals surface area contributed by atoms with E-state index < -0.39 is 23.3 Å². The van der Waals surface area contributed by atoms with Gasteiger partial charge in [0.1, 0.15) is 0 Å². The Labute approximate surface area is 125 Å². The molecular formula is C9H15KO4. The Kier molecular flexibility index (Phi) is 5.83. The van der Waals surface area contributed by atoms with Crippen LogP contribution in [0, 0.1) is 11.3 Å². The normalized spacial score (nSPS) is 31.6. The van der Waals surface area contributed by atoms with Crippen LogP contribution in [0.25, 0.3) is 0 Å². The van der Waals surface area contributed by atoms with Crippen LogP contribution in [-0.4, -0.2) is 73.5 Å². The third-order valence-corrected chi connectivity index (χ3v) is 2.99. The second-order valence-electron chi connectivity index (χ2n) is 3.86. The van der Waals surface area contributed by atoms with E-state index in [2.05, 4.69) is 0 Å². The molecule has 2 unspecified atom stereocenters. The summed E-state index contributed by atoms with van der Waals surface area (Å²) in [4.78, 5) is 21.7. The molecule has 2 atom stereocenters. The average Bonchev–Trinajstić information content (AvgIpc) is 2.04. The van der Waals surface area contributed by atoms with Crippen LogP contribution in [0.1, 0.15) is 32.6 Å². The van der Waals surface area contributed by atoms with Gasteiger partial charge < -0.3 is 10.2 Å². The number of aliphatic carboxylic acids is 2. The van der Waals surface area contributed by atoms with Gasteiger partial charge in [0, 0.05) is 0 Å². The molecule has 5 heteroatoms. The van der Waals surface area contributed by atoms with Gasteiger partial charge in [-0.3, -0.25) is 9.59 Å². The van der Waals surface area contributed by atoms with Crippen LogP contribution in [-0.2, 0) is 9.59 Å². The first kappa shape index (κ1) is 14.6. The Morgan fingerprint density at radius 2 is 1.86 bits per heavy atom. The third kappa shape index (κ3) is 2.79. The Balaban J connectivity index is 0.00000169. The molecule has 14 heavy (non-hydrogen) atoms. The van der Waals surface area contributed by atoms with Crippen LogP contribution in [0.3, 0.4) is 0 Å². The second-order valence-corrected chi connectivity index (χ2v) is 3.86. The fraction of sp³-hybridized carbons (Fsp3) is 0.778. The topological polar surface area (TPSA) is 74.6 Å². The van der Waals surface area contributed by atoms with Crippen molar-refractivity contribution in [2.45, 2.75) is 32.6 Å². The van der Waals surface area contributed by atoms with Crippen LogP contribution in [0.2, 0.25) is 0 Å². The molecule has 0 saturated heterocycles. The van der Waals surface area contributed by atoms with E-state index >= 15 is 0 Å². The van der Waals surface area contributed by atoms with Gasteiger partial charge in [0.25, 0.3) is 0 Å². The van der Waals surface area contributed by atoms with Crippen LogP contribution in [0.15, 0.2) is 0 Å². The van der Waals surface area contributed by atoms with Crippen molar-refractivity contribution in [1.29, 1.82) is 0 Å². The molecule has 1 rings (SSSR count). The molecule has 0 aromatic rings. The number of hydrogen-bond donors (Lipinski definition) is 2. The summed E-state index contributed by atoms with van der Waals surface area (Å²) in [5, 5.41) is 17.8. The molecule has 76 valence electrons. The maximum atomic E-state index is 10.9. The Bertz CT molecular complexity index is 241. The van der Waals surface area contributed by atoms with Gasteiger partial charge in [-0.15, -0.1) is 0 Å². The van der Waals surface area contributed by atoms with Gasteiger partial charge in [-0.05, 0) is 19.8 Å². The molecule has 1 aliphatic rings. The summed E-state index contributed by atoms with van der Waals surface area (Å²) in [5.74, 6) is -2.69. The summed E-state index contributed by atoms with van der Waals surface area (Å²) in [6.45, 7) is 1.54. The third-order valence-electron chi connectivity index (χ3n) is 2.99. The summed E-state index contributed by atoms with van der Waals surface area (Å²) in [6, 6.07) is 0. The van der Waals surface area contributed by atoms with E-state index in [1.165, 1.54) is 6.92 Å². The summed E-state index contributed by atoms with van der Waals surface area (Å²) < 4.78 is 0. The second kappa shape index (κ2) is 5.60. The number of rotatable bonds is 2. The van der Waals surface area contributed by atoms with Crippen LogP contribution in [0.5, 0.6) is 0 Å². The number of carboxylic acids is 2. The zero-order valence-corrected chi connectivity index (χ0v) is 7.62. The molecule has 0 heterocycles. The van der Waals surface area contributed by atoms with Crippen LogP contribution in [0.4, 0.5) is 0 Å². The van der Waals surface area contributed by atoms with E-state index in [4.69, 9.17) is 10.2 Å². The average molecular weight is 226 g/mol. The molecule has 0 aliphatic heterocycles. The first-order chi connectivity index (χ1) is 5.98. The molecule has 1 saturated carbocycles. The van der Waals surface area contributed by atoms with Gasteiger partial charge in [0.15, 0.2) is 0 Å². The van der Waals surface area contributed by atoms with Crippen LogP contribution >= 0.6 is 0 Å². The van der Waals surface area contributed by atoms with E-state index in [9.17, 15) is 9.59 Å². The van der Waals surface area contributed by atoms with Crippen molar-refractivity contribution in [3.8, 4) is 0 Å². The molecule has 0 amide bonds. The zero-order valence-electron chi connectivity index (χ0n) is 7.62. The molecule has 2 N–H and O–H groups in total. The van der Waals surface area contributed by atoms with E-state index in [-0.39, 0.29) is 51.4 Å². The van der Waals surface area contributed by atoms with E-state index in [0.717, 1.165) is 12.8 Å². The summed E-state index contributed by atoms with van der Waals surface area (Å²) in [5.41, 5.74) is -1.07. The molecule has 1 aliphatic carbocycles. The van der Waals surface area contributed by atoms with Crippen molar-refractivity contribution < 1.29 is 19.8 Å². The first-order valence-electron chi connectivity index (χ1n) is 4.44. The van der Waals surface area contributed by atoms with Crippen molar-refractivity contribution in [3.05, 3.63) is 0 Å². The van der Waals surface area contributed by atoms with Crippen LogP contribution < -0.4 is 0 Å². The molecule has 0 bridgehead atoms. The van der Waals surface area contributed by atoms with Crippen molar-refractivity contribution in [2.75, 3.05) is 0 Å². The van der Waals surface area contributed by atoms with Gasteiger partial charge in [-0.2, -0.15) is 0 Å². The fourth-order valence-electron chi connectivity index (χ4n) is 1.99. The molecule has 0 radical (unpaired) electrons. The van der Waals surface area contributed by atoms with Gasteiger partial charge in [0.05, 0.1) is 11.3 Å². The van der Waals surface area contributed by atoms with E-state index in [0.29, 0.717) is 12.8 Å². The number of hydrogen-bond acceptors (Lipinski definition) is 2. The Morgan fingerprint density at radius 3 is 2.21 bits per heavy atom. The SMILES string of the molecule is CC1(C(=O)O)CCCCC1C(=O)O.[KH]. The summed E-state index contributed by atoms with van der Waals surface area (Å²) in [7, 11) is 0. The standard InChI is InChI=1S/C9H14O4.K.H/c1-9(8(12)13)5-3-2-4-6(9)7(10)11;;/h6H,2-5H2,1H3,(H,10,11)(H,12,13);;.